The van der Waals surface area contributed by atoms with Gasteiger partial charge in [0.2, 0.25) is 0 Å². The van der Waals surface area contributed by atoms with Crippen molar-refractivity contribution >= 4 is 5.91 Å². The number of hydrogen-bond acceptors (Lipinski definition) is 4. The highest BCUT2D eigenvalue weighted by Crippen LogP contribution is 2.26. The summed E-state index contributed by atoms with van der Waals surface area (Å²) in [6.07, 6.45) is 0. The van der Waals surface area contributed by atoms with Gasteiger partial charge in [0, 0.05) is 25.2 Å². The molecule has 1 saturated heterocycles. The molecule has 6 nitrogen and oxygen atoms in total. The van der Waals surface area contributed by atoms with E-state index in [0.29, 0.717) is 18.8 Å². The van der Waals surface area contributed by atoms with Gasteiger partial charge in [-0.3, -0.25) is 14.8 Å². The molecule has 0 spiro atoms. The third-order valence-electron chi connectivity index (χ3n) is 5.29. The van der Waals surface area contributed by atoms with E-state index in [1.165, 1.54) is 5.56 Å². The molecule has 6 heteroatoms. The van der Waals surface area contributed by atoms with E-state index in [1.807, 2.05) is 53.4 Å². The smallest absolute Gasteiger partial charge is 0.271 e. The molecule has 1 unspecified atom stereocenters. The summed E-state index contributed by atoms with van der Waals surface area (Å²) in [7, 11) is 3.74. The molecule has 1 N–H and O–H groups in total. The van der Waals surface area contributed by atoms with Gasteiger partial charge in [-0.05, 0) is 30.8 Å². The lowest BCUT2D eigenvalue weighted by atomic mass is 10.0. The summed E-state index contributed by atoms with van der Waals surface area (Å²) in [5.74, 6) is 0.744. The number of nitrogens with one attached hydrogen (secondary N) is 1. The summed E-state index contributed by atoms with van der Waals surface area (Å²) >= 11 is 0. The number of aromatic nitrogens is 2. The first-order valence-corrected chi connectivity index (χ1v) is 9.40. The number of ether oxygens (including phenoxy) is 1. The molecular weight excluding hydrogens is 352 g/mol. The predicted octanol–water partition coefficient (Wildman–Crippen LogP) is 3.21. The van der Waals surface area contributed by atoms with Crippen LogP contribution in [0.25, 0.3) is 11.3 Å². The number of rotatable bonds is 4. The van der Waals surface area contributed by atoms with Gasteiger partial charge in [0.15, 0.2) is 0 Å². The number of methoxy groups -OCH3 is 1. The average molecular weight is 376 g/mol. The van der Waals surface area contributed by atoms with Crippen LogP contribution in [-0.2, 0) is 0 Å². The number of aromatic amines is 1. The zero-order chi connectivity index (χ0) is 19.5. The minimum atomic E-state index is -0.0179. The molecule has 1 fully saturated rings. The minimum Gasteiger partial charge on any atom is -0.497 e. The van der Waals surface area contributed by atoms with Crippen molar-refractivity contribution in [1.82, 2.24) is 20.0 Å². The highest BCUT2D eigenvalue weighted by atomic mass is 16.5. The van der Waals surface area contributed by atoms with Crippen LogP contribution < -0.4 is 4.74 Å². The number of carbonyl (C=O) groups excluding carboxylic acids is 1. The van der Waals surface area contributed by atoms with Crippen LogP contribution in [0, 0.1) is 0 Å². The van der Waals surface area contributed by atoms with Crippen molar-refractivity contribution < 1.29 is 9.53 Å². The Labute approximate surface area is 164 Å². The Bertz CT molecular complexity index is 954. The Morgan fingerprint density at radius 1 is 1.11 bits per heavy atom. The minimum absolute atomic E-state index is 0.0179. The summed E-state index contributed by atoms with van der Waals surface area (Å²) in [5.41, 5.74) is 3.38. The average Bonchev–Trinajstić information content (AvgIpc) is 3.24. The maximum Gasteiger partial charge on any atom is 0.271 e. The van der Waals surface area contributed by atoms with Crippen LogP contribution in [0.3, 0.4) is 0 Å². The first-order chi connectivity index (χ1) is 13.7. The zero-order valence-electron chi connectivity index (χ0n) is 16.1. The lowest BCUT2D eigenvalue weighted by Crippen LogP contribution is -2.49. The third kappa shape index (κ3) is 3.64. The van der Waals surface area contributed by atoms with Crippen molar-refractivity contribution in [3.8, 4) is 17.0 Å². The first-order valence-electron chi connectivity index (χ1n) is 9.40. The Morgan fingerprint density at radius 3 is 2.71 bits per heavy atom. The molecule has 3 aromatic rings. The number of carbonyl (C=O) groups is 1. The molecule has 1 aliphatic rings. The Kier molecular flexibility index (Phi) is 5.12. The fourth-order valence-corrected chi connectivity index (χ4v) is 3.63. The van der Waals surface area contributed by atoms with E-state index in [-0.39, 0.29) is 11.9 Å². The molecule has 2 heterocycles. The Hall–Kier alpha value is -3.12. The summed E-state index contributed by atoms with van der Waals surface area (Å²) in [6, 6.07) is 20.0. The maximum absolute atomic E-state index is 13.1. The fourth-order valence-electron chi connectivity index (χ4n) is 3.63. The molecule has 0 saturated carbocycles. The van der Waals surface area contributed by atoms with Crippen LogP contribution in [0.15, 0.2) is 60.7 Å². The summed E-state index contributed by atoms with van der Waals surface area (Å²) in [5, 5.41) is 7.24. The van der Waals surface area contributed by atoms with Crippen LogP contribution in [0.4, 0.5) is 0 Å². The molecule has 0 bridgehead atoms. The van der Waals surface area contributed by atoms with Gasteiger partial charge in [-0.1, -0.05) is 42.5 Å². The van der Waals surface area contributed by atoms with Gasteiger partial charge in [-0.2, -0.15) is 5.10 Å². The largest absolute Gasteiger partial charge is 0.497 e. The van der Waals surface area contributed by atoms with E-state index < -0.39 is 0 Å². The first kappa shape index (κ1) is 18.3. The quantitative estimate of drug-likeness (QED) is 0.760. The highest BCUT2D eigenvalue weighted by Gasteiger charge is 2.29. The van der Waals surface area contributed by atoms with Crippen LogP contribution in [0.5, 0.6) is 5.75 Å². The number of H-pyrrole nitrogens is 1. The van der Waals surface area contributed by atoms with Crippen molar-refractivity contribution in [3.05, 3.63) is 71.9 Å². The van der Waals surface area contributed by atoms with E-state index in [9.17, 15) is 4.79 Å². The van der Waals surface area contributed by atoms with Crippen LogP contribution in [0.2, 0.25) is 0 Å². The molecule has 2 aromatic carbocycles. The third-order valence-corrected chi connectivity index (χ3v) is 5.29. The fraction of sp³-hybridized carbons (Fsp3) is 0.273. The maximum atomic E-state index is 13.1. The van der Waals surface area contributed by atoms with Crippen molar-refractivity contribution in [2.45, 2.75) is 6.04 Å². The molecule has 1 atom stereocenters. The molecule has 4 rings (SSSR count). The Morgan fingerprint density at radius 2 is 1.93 bits per heavy atom. The van der Waals surface area contributed by atoms with E-state index in [2.05, 4.69) is 34.3 Å². The second kappa shape index (κ2) is 7.86. The SMILES string of the molecule is COc1cccc(-c2cc(C(=O)N3CCN(C)C(c4ccccc4)C3)[nH]n2)c1. The number of amides is 1. The summed E-state index contributed by atoms with van der Waals surface area (Å²) < 4.78 is 5.27. The van der Waals surface area contributed by atoms with Gasteiger partial charge in [-0.25, -0.2) is 0 Å². The number of piperazine rings is 1. The topological polar surface area (TPSA) is 61.5 Å². The van der Waals surface area contributed by atoms with Crippen molar-refractivity contribution in [3.63, 3.8) is 0 Å². The van der Waals surface area contributed by atoms with Gasteiger partial charge in [0.05, 0.1) is 18.8 Å². The van der Waals surface area contributed by atoms with E-state index >= 15 is 0 Å². The lowest BCUT2D eigenvalue weighted by molar-refractivity contribution is 0.0540. The second-order valence-corrected chi connectivity index (χ2v) is 7.06. The standard InChI is InChI=1S/C22H24N4O2/c1-25-11-12-26(15-21(25)16-7-4-3-5-8-16)22(27)20-14-19(23-24-20)17-9-6-10-18(13-17)28-2/h3-10,13-14,21H,11-12,15H2,1-2H3,(H,23,24). The monoisotopic (exact) mass is 376 g/mol. The number of likely N-dealkylation sites (N-methyl/N-ethyl adjacent to an activating group) is 1. The zero-order valence-corrected chi connectivity index (χ0v) is 16.1. The lowest BCUT2D eigenvalue weighted by Gasteiger charge is -2.39. The number of hydrogen-bond donors (Lipinski definition) is 1. The molecule has 144 valence electrons. The van der Waals surface area contributed by atoms with Crippen molar-refractivity contribution in [2.24, 2.45) is 0 Å². The van der Waals surface area contributed by atoms with Gasteiger partial charge in [0.1, 0.15) is 11.4 Å². The number of benzene rings is 2. The molecule has 0 aliphatic carbocycles. The van der Waals surface area contributed by atoms with Crippen LogP contribution in [-0.4, -0.2) is 59.7 Å². The highest BCUT2D eigenvalue weighted by molar-refractivity contribution is 5.93. The molecule has 1 aliphatic heterocycles. The van der Waals surface area contributed by atoms with Gasteiger partial charge < -0.3 is 9.64 Å². The molecule has 1 amide bonds. The van der Waals surface area contributed by atoms with Crippen LogP contribution >= 0.6 is 0 Å². The summed E-state index contributed by atoms with van der Waals surface area (Å²) in [6.45, 7) is 2.20. The van der Waals surface area contributed by atoms with Crippen molar-refractivity contribution in [2.75, 3.05) is 33.8 Å². The number of nitrogens with zero attached hydrogens (tertiary/aromatic N) is 3. The van der Waals surface area contributed by atoms with E-state index in [4.69, 9.17) is 4.74 Å². The van der Waals surface area contributed by atoms with E-state index in [1.54, 1.807) is 7.11 Å². The van der Waals surface area contributed by atoms with Gasteiger partial charge >= 0.3 is 0 Å². The second-order valence-electron chi connectivity index (χ2n) is 7.06. The van der Waals surface area contributed by atoms with Crippen LogP contribution in [0.1, 0.15) is 22.1 Å². The normalized spacial score (nSPS) is 17.5. The molecular formula is C22H24N4O2. The van der Waals surface area contributed by atoms with Gasteiger partial charge in [0.25, 0.3) is 5.91 Å². The van der Waals surface area contributed by atoms with E-state index in [0.717, 1.165) is 23.6 Å². The summed E-state index contributed by atoms with van der Waals surface area (Å²) in [4.78, 5) is 17.3. The molecule has 28 heavy (non-hydrogen) atoms. The predicted molar refractivity (Wildman–Crippen MR) is 108 cm³/mol. The Balaban J connectivity index is 1.52. The van der Waals surface area contributed by atoms with Gasteiger partial charge in [-0.15, -0.1) is 0 Å². The van der Waals surface area contributed by atoms with Crippen molar-refractivity contribution in [1.29, 1.82) is 0 Å². The molecule has 0 radical (unpaired) electrons. The molecule has 1 aromatic heterocycles.